The summed E-state index contributed by atoms with van der Waals surface area (Å²) in [5, 5.41) is 10.2. The summed E-state index contributed by atoms with van der Waals surface area (Å²) in [6.45, 7) is 4.72. The number of nitrogens with zero attached hydrogens (tertiary/aromatic N) is 2. The van der Waals surface area contributed by atoms with Crippen molar-refractivity contribution in [3.05, 3.63) is 78.9 Å². The van der Waals surface area contributed by atoms with E-state index in [1.807, 2.05) is 30.3 Å². The molecule has 1 N–H and O–H groups in total. The first-order valence-corrected chi connectivity index (χ1v) is 11.5. The molecular formula is C24H23N3O3S. The van der Waals surface area contributed by atoms with E-state index in [9.17, 15) is 8.42 Å². The lowest BCUT2D eigenvalue weighted by molar-refractivity contribution is 0.258. The third-order valence-electron chi connectivity index (χ3n) is 4.67. The summed E-state index contributed by atoms with van der Waals surface area (Å²) in [5.41, 5.74) is 1.99. The van der Waals surface area contributed by atoms with Crippen molar-refractivity contribution in [2.24, 2.45) is 5.92 Å². The van der Waals surface area contributed by atoms with Gasteiger partial charge in [0, 0.05) is 17.3 Å². The van der Waals surface area contributed by atoms with Crippen molar-refractivity contribution in [2.75, 3.05) is 11.3 Å². The zero-order valence-electron chi connectivity index (χ0n) is 17.3. The minimum absolute atomic E-state index is 0.220. The minimum Gasteiger partial charge on any atom is -0.476 e. The van der Waals surface area contributed by atoms with Gasteiger partial charge in [0.1, 0.15) is 0 Å². The second kappa shape index (κ2) is 8.73. The van der Waals surface area contributed by atoms with E-state index >= 15 is 0 Å². The molecular weight excluding hydrogens is 410 g/mol. The van der Waals surface area contributed by atoms with E-state index in [-0.39, 0.29) is 4.90 Å². The molecule has 0 fully saturated rings. The van der Waals surface area contributed by atoms with Crippen LogP contribution in [0.1, 0.15) is 13.8 Å². The number of hydrogen-bond donors (Lipinski definition) is 1. The number of benzene rings is 3. The lowest BCUT2D eigenvalue weighted by atomic mass is 10.1. The van der Waals surface area contributed by atoms with Crippen molar-refractivity contribution in [1.29, 1.82) is 0 Å². The van der Waals surface area contributed by atoms with Crippen LogP contribution in [0.4, 0.5) is 5.69 Å². The fourth-order valence-electron chi connectivity index (χ4n) is 3.06. The predicted molar refractivity (Wildman–Crippen MR) is 123 cm³/mol. The van der Waals surface area contributed by atoms with Gasteiger partial charge in [0.25, 0.3) is 10.0 Å². The van der Waals surface area contributed by atoms with Crippen LogP contribution in [-0.2, 0) is 10.0 Å². The molecule has 4 rings (SSSR count). The highest BCUT2D eigenvalue weighted by atomic mass is 32.2. The molecule has 0 spiro atoms. The Morgan fingerprint density at radius 1 is 0.871 bits per heavy atom. The minimum atomic E-state index is -3.70. The number of fused-ring (bicyclic) bond motifs is 1. The molecule has 4 aromatic rings. The maximum absolute atomic E-state index is 12.8. The summed E-state index contributed by atoms with van der Waals surface area (Å²) in [6.07, 6.45) is 0. The van der Waals surface area contributed by atoms with Crippen molar-refractivity contribution >= 4 is 26.5 Å². The summed E-state index contributed by atoms with van der Waals surface area (Å²) in [5.74, 6) is 0.893. The van der Waals surface area contributed by atoms with Crippen LogP contribution in [0.3, 0.4) is 0 Å². The lowest BCUT2D eigenvalue weighted by Crippen LogP contribution is -2.12. The molecule has 0 amide bonds. The van der Waals surface area contributed by atoms with Gasteiger partial charge >= 0.3 is 0 Å². The van der Waals surface area contributed by atoms with E-state index in [0.29, 0.717) is 29.8 Å². The van der Waals surface area contributed by atoms with Gasteiger partial charge in [-0.3, -0.25) is 4.72 Å². The van der Waals surface area contributed by atoms with Crippen molar-refractivity contribution in [1.82, 2.24) is 10.2 Å². The molecule has 0 radical (unpaired) electrons. The molecule has 6 nitrogen and oxygen atoms in total. The summed E-state index contributed by atoms with van der Waals surface area (Å²) >= 11 is 0. The van der Waals surface area contributed by atoms with Crippen LogP contribution in [0.15, 0.2) is 83.8 Å². The molecule has 0 aliphatic heterocycles. The second-order valence-electron chi connectivity index (χ2n) is 7.65. The van der Waals surface area contributed by atoms with E-state index in [1.54, 1.807) is 48.5 Å². The van der Waals surface area contributed by atoms with Crippen molar-refractivity contribution < 1.29 is 13.2 Å². The van der Waals surface area contributed by atoms with Crippen molar-refractivity contribution in [2.45, 2.75) is 18.7 Å². The van der Waals surface area contributed by atoms with E-state index < -0.39 is 10.0 Å². The van der Waals surface area contributed by atoms with Crippen LogP contribution in [0.2, 0.25) is 0 Å². The molecule has 0 bridgehead atoms. The summed E-state index contributed by atoms with van der Waals surface area (Å²) in [6, 6.07) is 23.4. The smallest absolute Gasteiger partial charge is 0.261 e. The van der Waals surface area contributed by atoms with Crippen molar-refractivity contribution in [3.63, 3.8) is 0 Å². The average molecular weight is 434 g/mol. The Hall–Kier alpha value is -3.45. The molecule has 0 aliphatic rings. The predicted octanol–water partition coefficient (Wildman–Crippen LogP) is 5.13. The first kappa shape index (κ1) is 20.8. The quantitative estimate of drug-likeness (QED) is 0.437. The summed E-state index contributed by atoms with van der Waals surface area (Å²) < 4.78 is 33.8. The SMILES string of the molecule is CC(C)COc1ccc(-c2ccc(NS(=O)(=O)c3ccc4ccccc4c3)cc2)nn1. The van der Waals surface area contributed by atoms with E-state index in [4.69, 9.17) is 4.74 Å². The molecule has 1 aromatic heterocycles. The van der Waals surface area contributed by atoms with Gasteiger partial charge in [-0.2, -0.15) is 0 Å². The van der Waals surface area contributed by atoms with Crippen LogP contribution < -0.4 is 9.46 Å². The molecule has 0 saturated carbocycles. The number of ether oxygens (including phenoxy) is 1. The molecule has 3 aromatic carbocycles. The van der Waals surface area contributed by atoms with E-state index in [1.165, 1.54) is 0 Å². The van der Waals surface area contributed by atoms with Crippen LogP contribution in [0.25, 0.3) is 22.0 Å². The number of aromatic nitrogens is 2. The Morgan fingerprint density at radius 2 is 1.61 bits per heavy atom. The molecule has 0 atom stereocenters. The number of hydrogen-bond acceptors (Lipinski definition) is 5. The standard InChI is InChI=1S/C24H23N3O3S/c1-17(2)16-30-24-14-13-23(25-26-24)19-7-10-21(11-8-19)27-31(28,29)22-12-9-18-5-3-4-6-20(18)15-22/h3-15,17,27H,16H2,1-2H3. The lowest BCUT2D eigenvalue weighted by Gasteiger charge is -2.10. The number of anilines is 1. The van der Waals surface area contributed by atoms with E-state index in [0.717, 1.165) is 16.3 Å². The monoisotopic (exact) mass is 433 g/mol. The second-order valence-corrected chi connectivity index (χ2v) is 9.34. The molecule has 0 saturated heterocycles. The van der Waals surface area contributed by atoms with Gasteiger partial charge in [-0.25, -0.2) is 8.42 Å². The summed E-state index contributed by atoms with van der Waals surface area (Å²) in [4.78, 5) is 0.220. The molecule has 158 valence electrons. The van der Waals surface area contributed by atoms with Crippen LogP contribution in [-0.4, -0.2) is 25.2 Å². The molecule has 7 heteroatoms. The molecule has 1 heterocycles. The number of rotatable bonds is 7. The van der Waals surface area contributed by atoms with Crippen LogP contribution >= 0.6 is 0 Å². The maximum Gasteiger partial charge on any atom is 0.261 e. The van der Waals surface area contributed by atoms with Crippen LogP contribution in [0, 0.1) is 5.92 Å². The van der Waals surface area contributed by atoms with Crippen molar-refractivity contribution in [3.8, 4) is 17.1 Å². The topological polar surface area (TPSA) is 81.2 Å². The molecule has 0 aliphatic carbocycles. The Kier molecular flexibility index (Phi) is 5.86. The van der Waals surface area contributed by atoms with E-state index in [2.05, 4.69) is 28.8 Å². The van der Waals surface area contributed by atoms with Gasteiger partial charge < -0.3 is 4.74 Å². The Bertz CT molecular complexity index is 1290. The van der Waals surface area contributed by atoms with Gasteiger partial charge in [-0.05, 0) is 47.0 Å². The first-order valence-electron chi connectivity index (χ1n) is 9.99. The highest BCUT2D eigenvalue weighted by Gasteiger charge is 2.15. The Labute approximate surface area is 182 Å². The zero-order valence-corrected chi connectivity index (χ0v) is 18.1. The number of sulfonamides is 1. The zero-order chi connectivity index (χ0) is 21.8. The highest BCUT2D eigenvalue weighted by Crippen LogP contribution is 2.24. The van der Waals surface area contributed by atoms with Gasteiger partial charge in [0.2, 0.25) is 5.88 Å². The largest absolute Gasteiger partial charge is 0.476 e. The first-order chi connectivity index (χ1) is 14.9. The third kappa shape index (κ3) is 5.00. The fraction of sp³-hybridized carbons (Fsp3) is 0.167. The van der Waals surface area contributed by atoms with Gasteiger partial charge in [0.05, 0.1) is 17.2 Å². The number of nitrogens with one attached hydrogen (secondary N) is 1. The normalized spacial score (nSPS) is 11.6. The van der Waals surface area contributed by atoms with Crippen LogP contribution in [0.5, 0.6) is 5.88 Å². The average Bonchev–Trinajstić information content (AvgIpc) is 2.78. The Balaban J connectivity index is 1.48. The maximum atomic E-state index is 12.8. The van der Waals surface area contributed by atoms with Gasteiger partial charge in [-0.1, -0.05) is 56.3 Å². The van der Waals surface area contributed by atoms with Gasteiger partial charge in [0.15, 0.2) is 0 Å². The third-order valence-corrected chi connectivity index (χ3v) is 6.05. The summed E-state index contributed by atoms with van der Waals surface area (Å²) in [7, 11) is -3.70. The fourth-order valence-corrected chi connectivity index (χ4v) is 4.15. The molecule has 0 unspecified atom stereocenters. The Morgan fingerprint density at radius 3 is 2.29 bits per heavy atom. The molecule has 31 heavy (non-hydrogen) atoms. The van der Waals surface area contributed by atoms with Gasteiger partial charge in [-0.15, -0.1) is 10.2 Å². The highest BCUT2D eigenvalue weighted by molar-refractivity contribution is 7.92.